The molecule has 98 valence electrons. The van der Waals surface area contributed by atoms with Crippen LogP contribution in [-0.2, 0) is 0 Å². The Morgan fingerprint density at radius 3 is 2.83 bits per heavy atom. The maximum absolute atomic E-state index is 10.8. The monoisotopic (exact) mass is 270 g/mol. The number of ether oxygens (including phenoxy) is 1. The van der Waals surface area contributed by atoms with E-state index in [1.54, 1.807) is 0 Å². The maximum atomic E-state index is 10.8. The first kappa shape index (κ1) is 13.1. The second-order valence-corrected chi connectivity index (χ2v) is 4.61. The summed E-state index contributed by atoms with van der Waals surface area (Å²) in [5.74, 6) is -0.775. The van der Waals surface area contributed by atoms with Crippen molar-refractivity contribution in [2.24, 2.45) is 0 Å². The van der Waals surface area contributed by atoms with E-state index in [-0.39, 0.29) is 16.6 Å². The van der Waals surface area contributed by atoms with Crippen LogP contribution in [0.5, 0.6) is 5.88 Å². The lowest BCUT2D eigenvalue weighted by molar-refractivity contribution is 0.0696. The molecule has 1 fully saturated rings. The van der Waals surface area contributed by atoms with Gasteiger partial charge >= 0.3 is 5.97 Å². The molecule has 5 nitrogen and oxygen atoms in total. The smallest absolute Gasteiger partial charge is 0.335 e. The molecule has 0 amide bonds. The number of carbonyl (C=O) groups is 1. The molecule has 0 aliphatic carbocycles. The first-order valence-electron chi connectivity index (χ1n) is 5.91. The van der Waals surface area contributed by atoms with Gasteiger partial charge in [0.25, 0.3) is 0 Å². The fraction of sp³-hybridized carbons (Fsp3) is 0.500. The third-order valence-corrected chi connectivity index (χ3v) is 3.07. The third kappa shape index (κ3) is 3.58. The Kier molecular flexibility index (Phi) is 4.38. The van der Waals surface area contributed by atoms with E-state index < -0.39 is 5.97 Å². The molecule has 1 saturated heterocycles. The molecule has 0 radical (unpaired) electrons. The number of aromatic carboxylic acids is 1. The Balaban J connectivity index is 1.89. The fourth-order valence-corrected chi connectivity index (χ4v) is 2.16. The number of aromatic nitrogens is 1. The average Bonchev–Trinajstić information content (AvgIpc) is 2.81. The van der Waals surface area contributed by atoms with Crippen LogP contribution in [0.4, 0.5) is 0 Å². The quantitative estimate of drug-likeness (QED) is 0.828. The maximum Gasteiger partial charge on any atom is 0.335 e. The average molecular weight is 271 g/mol. The van der Waals surface area contributed by atoms with Gasteiger partial charge in [-0.15, -0.1) is 0 Å². The van der Waals surface area contributed by atoms with Gasteiger partial charge in [-0.25, -0.2) is 9.78 Å². The predicted molar refractivity (Wildman–Crippen MR) is 67.4 cm³/mol. The summed E-state index contributed by atoms with van der Waals surface area (Å²) in [5.41, 5.74) is 0.0890. The van der Waals surface area contributed by atoms with Crippen molar-refractivity contribution in [2.75, 3.05) is 26.2 Å². The molecule has 0 saturated carbocycles. The minimum Gasteiger partial charge on any atom is -0.478 e. The standard InChI is InChI=1S/C12H15ClN2O3/c13-10-7-9(12(16)17)8-11(14-10)18-6-5-15-3-1-2-4-15/h7-8H,1-6H2,(H,16,17). The van der Waals surface area contributed by atoms with Gasteiger partial charge in [0.15, 0.2) is 0 Å². The SMILES string of the molecule is O=C(O)c1cc(Cl)nc(OCCN2CCCC2)c1. The molecule has 18 heavy (non-hydrogen) atoms. The number of hydrogen-bond donors (Lipinski definition) is 1. The number of likely N-dealkylation sites (tertiary alicyclic amines) is 1. The van der Waals surface area contributed by atoms with Gasteiger partial charge in [-0.1, -0.05) is 11.6 Å². The van der Waals surface area contributed by atoms with Gasteiger partial charge in [0.2, 0.25) is 5.88 Å². The van der Waals surface area contributed by atoms with Crippen molar-refractivity contribution in [2.45, 2.75) is 12.8 Å². The van der Waals surface area contributed by atoms with Crippen LogP contribution < -0.4 is 4.74 Å². The van der Waals surface area contributed by atoms with E-state index in [1.165, 1.54) is 25.0 Å². The van der Waals surface area contributed by atoms with Gasteiger partial charge in [0, 0.05) is 12.6 Å². The number of halogens is 1. The zero-order valence-corrected chi connectivity index (χ0v) is 10.7. The van der Waals surface area contributed by atoms with Crippen LogP contribution in [0, 0.1) is 0 Å². The second kappa shape index (κ2) is 6.02. The zero-order valence-electron chi connectivity index (χ0n) is 9.93. The van der Waals surface area contributed by atoms with Gasteiger partial charge < -0.3 is 9.84 Å². The van der Waals surface area contributed by atoms with E-state index in [1.807, 2.05) is 0 Å². The lowest BCUT2D eigenvalue weighted by Crippen LogP contribution is -2.25. The van der Waals surface area contributed by atoms with Crippen molar-refractivity contribution in [1.29, 1.82) is 0 Å². The van der Waals surface area contributed by atoms with E-state index >= 15 is 0 Å². The van der Waals surface area contributed by atoms with Crippen molar-refractivity contribution in [1.82, 2.24) is 9.88 Å². The predicted octanol–water partition coefficient (Wildman–Crippen LogP) is 1.91. The topological polar surface area (TPSA) is 62.7 Å². The highest BCUT2D eigenvalue weighted by Crippen LogP contribution is 2.16. The summed E-state index contributed by atoms with van der Waals surface area (Å²) < 4.78 is 5.44. The summed E-state index contributed by atoms with van der Waals surface area (Å²) in [4.78, 5) is 17.1. The van der Waals surface area contributed by atoms with Crippen LogP contribution in [0.15, 0.2) is 12.1 Å². The van der Waals surface area contributed by atoms with Gasteiger partial charge in [-0.3, -0.25) is 4.90 Å². The summed E-state index contributed by atoms with van der Waals surface area (Å²) in [5, 5.41) is 9.01. The number of nitrogens with zero attached hydrogens (tertiary/aromatic N) is 2. The van der Waals surface area contributed by atoms with Crippen LogP contribution in [0.1, 0.15) is 23.2 Å². The molecule has 1 aromatic rings. The number of hydrogen-bond acceptors (Lipinski definition) is 4. The van der Waals surface area contributed by atoms with Crippen LogP contribution in [-0.4, -0.2) is 47.2 Å². The molecule has 0 unspecified atom stereocenters. The van der Waals surface area contributed by atoms with E-state index in [0.717, 1.165) is 19.6 Å². The third-order valence-electron chi connectivity index (χ3n) is 2.87. The Morgan fingerprint density at radius 1 is 1.44 bits per heavy atom. The number of rotatable bonds is 5. The van der Waals surface area contributed by atoms with E-state index in [4.69, 9.17) is 21.4 Å². The van der Waals surface area contributed by atoms with E-state index in [0.29, 0.717) is 6.61 Å². The molecule has 1 aliphatic rings. The number of carboxylic acid groups (broad SMARTS) is 1. The minimum atomic E-state index is -1.04. The highest BCUT2D eigenvalue weighted by atomic mass is 35.5. The normalized spacial score (nSPS) is 15.8. The van der Waals surface area contributed by atoms with Crippen LogP contribution in [0.3, 0.4) is 0 Å². The van der Waals surface area contributed by atoms with Crippen molar-refractivity contribution in [3.05, 3.63) is 22.8 Å². The highest BCUT2D eigenvalue weighted by molar-refractivity contribution is 6.29. The summed E-state index contributed by atoms with van der Waals surface area (Å²) in [6.07, 6.45) is 2.47. The van der Waals surface area contributed by atoms with Crippen molar-refractivity contribution in [3.8, 4) is 5.88 Å². The van der Waals surface area contributed by atoms with Gasteiger partial charge in [-0.05, 0) is 32.0 Å². The van der Waals surface area contributed by atoms with E-state index in [2.05, 4.69) is 9.88 Å². The first-order valence-corrected chi connectivity index (χ1v) is 6.29. The lowest BCUT2D eigenvalue weighted by atomic mass is 10.3. The number of carboxylic acids is 1. The zero-order chi connectivity index (χ0) is 13.0. The molecule has 1 N–H and O–H groups in total. The summed E-state index contributed by atoms with van der Waals surface area (Å²) >= 11 is 5.74. The molecule has 0 atom stereocenters. The van der Waals surface area contributed by atoms with Crippen molar-refractivity contribution in [3.63, 3.8) is 0 Å². The highest BCUT2D eigenvalue weighted by Gasteiger charge is 2.12. The molecule has 1 aliphatic heterocycles. The summed E-state index contributed by atoms with van der Waals surface area (Å²) in [6.45, 7) is 3.53. The molecule has 0 spiro atoms. The molecule has 2 heterocycles. The lowest BCUT2D eigenvalue weighted by Gasteiger charge is -2.14. The Hall–Kier alpha value is -1.33. The first-order chi connectivity index (χ1) is 8.65. The Morgan fingerprint density at radius 2 is 2.17 bits per heavy atom. The van der Waals surface area contributed by atoms with Gasteiger partial charge in [0.05, 0.1) is 5.56 Å². The molecule has 0 aromatic carbocycles. The summed E-state index contributed by atoms with van der Waals surface area (Å²) in [6, 6.07) is 2.69. The second-order valence-electron chi connectivity index (χ2n) is 4.22. The molecule has 0 bridgehead atoms. The molecular weight excluding hydrogens is 256 g/mol. The number of pyridine rings is 1. The Bertz CT molecular complexity index is 433. The van der Waals surface area contributed by atoms with Gasteiger partial charge in [0.1, 0.15) is 11.8 Å². The molecule has 6 heteroatoms. The fourth-order valence-electron chi connectivity index (χ4n) is 1.96. The van der Waals surface area contributed by atoms with Crippen LogP contribution >= 0.6 is 11.6 Å². The largest absolute Gasteiger partial charge is 0.478 e. The van der Waals surface area contributed by atoms with Gasteiger partial charge in [-0.2, -0.15) is 0 Å². The van der Waals surface area contributed by atoms with Crippen molar-refractivity contribution >= 4 is 17.6 Å². The Labute approximate surface area is 110 Å². The molecule has 1 aromatic heterocycles. The van der Waals surface area contributed by atoms with Crippen LogP contribution in [0.2, 0.25) is 5.15 Å². The van der Waals surface area contributed by atoms with E-state index in [9.17, 15) is 4.79 Å². The molecular formula is C12H15ClN2O3. The minimum absolute atomic E-state index is 0.0890. The van der Waals surface area contributed by atoms with Crippen molar-refractivity contribution < 1.29 is 14.6 Å². The van der Waals surface area contributed by atoms with Crippen LogP contribution in [0.25, 0.3) is 0 Å². The molecule has 2 rings (SSSR count). The summed E-state index contributed by atoms with van der Waals surface area (Å²) in [7, 11) is 0.